The van der Waals surface area contributed by atoms with Crippen molar-refractivity contribution < 1.29 is 35.0 Å². The smallest absolute Gasteiger partial charge is 0.508 e. The summed E-state index contributed by atoms with van der Waals surface area (Å²) in [4.78, 5) is 20.7. The van der Waals surface area contributed by atoms with Gasteiger partial charge < -0.3 is 9.30 Å². The van der Waals surface area contributed by atoms with Gasteiger partial charge in [-0.25, -0.2) is 19.9 Å². The van der Waals surface area contributed by atoms with Crippen molar-refractivity contribution in [3.63, 3.8) is 0 Å². The number of hydrogen-bond acceptors (Lipinski definition) is 5. The maximum atomic E-state index is 7.16. The van der Waals surface area contributed by atoms with Gasteiger partial charge in [0.25, 0.3) is 6.20 Å². The Hall–Kier alpha value is -6.33. The summed E-state index contributed by atoms with van der Waals surface area (Å²) in [5, 5.41) is 2.04. The van der Waals surface area contributed by atoms with E-state index in [0.717, 1.165) is 50.0 Å². The Morgan fingerprint density at radius 3 is 1.66 bits per heavy atom. The SMILES string of the molecule is C[N+]1=C=[N+](c2[c-]c(Oc3[c-]c4c(cc3-c3nc(-c5ccc(C(C)(C)C)cc5)nc(-c5ccc(C(C)(C)C)cc5)n3)c3cc(C(C)(C)C)ccc3n4-c3ccccn3)cc(C(C)(C)C)c2)C=C1.[Pt+2]. The van der Waals surface area contributed by atoms with E-state index in [0.29, 0.717) is 34.5 Å². The molecule has 0 bridgehead atoms. The zero-order valence-electron chi connectivity index (χ0n) is 40.9. The molecule has 5 aromatic carbocycles. The second kappa shape index (κ2) is 17.4. The normalized spacial score (nSPS) is 13.2. The molecule has 9 rings (SSSR count). The van der Waals surface area contributed by atoms with Gasteiger partial charge in [-0.1, -0.05) is 177 Å². The van der Waals surface area contributed by atoms with Crippen LogP contribution in [0, 0.1) is 12.1 Å². The van der Waals surface area contributed by atoms with Crippen molar-refractivity contribution in [2.24, 2.45) is 0 Å². The van der Waals surface area contributed by atoms with Gasteiger partial charge in [-0.05, 0) is 67.5 Å². The van der Waals surface area contributed by atoms with Gasteiger partial charge >= 0.3 is 27.1 Å². The van der Waals surface area contributed by atoms with Crippen LogP contribution in [0.1, 0.15) is 105 Å². The topological polar surface area (TPSA) is 71.7 Å². The minimum Gasteiger partial charge on any atom is -0.508 e. The van der Waals surface area contributed by atoms with Gasteiger partial charge in [0.15, 0.2) is 18.7 Å². The summed E-state index contributed by atoms with van der Waals surface area (Å²) in [6.07, 6.45) is 5.76. The Morgan fingerprint density at radius 2 is 1.13 bits per heavy atom. The number of hydrogen-bond donors (Lipinski definition) is 0. The molecule has 9 heteroatoms. The van der Waals surface area contributed by atoms with Gasteiger partial charge in [-0.2, -0.15) is 0 Å². The number of fused-ring (bicyclic) bond motifs is 3. The molecular weight excluding hydrogens is 1010 g/mol. The summed E-state index contributed by atoms with van der Waals surface area (Å²) < 4.78 is 13.2. The Balaban J connectivity index is 0.00000608. The molecular formula is C58H59N7OPt+2. The van der Waals surface area contributed by atoms with Gasteiger partial charge in [-0.15, -0.1) is 29.1 Å². The molecule has 0 fully saturated rings. The van der Waals surface area contributed by atoms with E-state index in [1.165, 1.54) is 16.7 Å². The number of nitrogens with zero attached hydrogens (tertiary/aromatic N) is 7. The molecule has 0 unspecified atom stereocenters. The number of pyridine rings is 1. The van der Waals surface area contributed by atoms with Crippen LogP contribution in [0.4, 0.5) is 5.69 Å². The van der Waals surface area contributed by atoms with Crippen molar-refractivity contribution >= 4 is 33.5 Å². The Bertz CT molecular complexity index is 3200. The molecule has 0 atom stereocenters. The third-order valence-corrected chi connectivity index (χ3v) is 12.3. The van der Waals surface area contributed by atoms with Crippen molar-refractivity contribution in [2.75, 3.05) is 7.05 Å². The van der Waals surface area contributed by atoms with Crippen LogP contribution in [0.25, 0.3) is 61.8 Å². The zero-order valence-corrected chi connectivity index (χ0v) is 43.2. The predicted octanol–water partition coefficient (Wildman–Crippen LogP) is 13.9. The third-order valence-electron chi connectivity index (χ3n) is 12.3. The first-order valence-corrected chi connectivity index (χ1v) is 22.8. The summed E-state index contributed by atoms with van der Waals surface area (Å²) in [5.41, 5.74) is 9.51. The first kappa shape index (κ1) is 47.2. The molecule has 0 N–H and O–H groups in total. The summed E-state index contributed by atoms with van der Waals surface area (Å²) in [6.45, 7) is 26.7. The van der Waals surface area contributed by atoms with Crippen LogP contribution >= 0.6 is 0 Å². The van der Waals surface area contributed by atoms with E-state index in [2.05, 4.69) is 191 Å². The van der Waals surface area contributed by atoms with Crippen molar-refractivity contribution in [3.8, 4) is 51.5 Å². The minimum atomic E-state index is -0.201. The molecule has 67 heavy (non-hydrogen) atoms. The number of ether oxygens (including phenoxy) is 1. The Labute approximate surface area is 410 Å². The monoisotopic (exact) mass is 1060 g/mol. The van der Waals surface area contributed by atoms with Crippen molar-refractivity contribution in [2.45, 2.75) is 105 Å². The van der Waals surface area contributed by atoms with Crippen LogP contribution in [-0.2, 0) is 42.7 Å². The van der Waals surface area contributed by atoms with E-state index in [1.54, 1.807) is 0 Å². The molecule has 8 nitrogen and oxygen atoms in total. The Morgan fingerprint density at radius 1 is 0.567 bits per heavy atom. The van der Waals surface area contributed by atoms with E-state index < -0.39 is 0 Å². The minimum absolute atomic E-state index is 0. The average Bonchev–Trinajstić information content (AvgIpc) is 3.85. The van der Waals surface area contributed by atoms with Crippen LogP contribution in [0.3, 0.4) is 0 Å². The van der Waals surface area contributed by atoms with E-state index in [4.69, 9.17) is 24.7 Å². The van der Waals surface area contributed by atoms with Crippen molar-refractivity contribution in [1.29, 1.82) is 0 Å². The van der Waals surface area contributed by atoms with Gasteiger partial charge in [0, 0.05) is 34.3 Å². The number of rotatable bonds is 7. The molecule has 0 radical (unpaired) electrons. The molecule has 340 valence electrons. The molecule has 0 saturated heterocycles. The molecule has 0 spiro atoms. The van der Waals surface area contributed by atoms with Crippen LogP contribution < -0.4 is 4.74 Å². The van der Waals surface area contributed by atoms with Gasteiger partial charge in [0.1, 0.15) is 17.3 Å². The van der Waals surface area contributed by atoms with Crippen LogP contribution in [0.15, 0.2) is 122 Å². The molecule has 0 aliphatic carbocycles. The van der Waals surface area contributed by atoms with Crippen molar-refractivity contribution in [1.82, 2.24) is 24.5 Å². The van der Waals surface area contributed by atoms with E-state index in [1.807, 2.05) is 53.0 Å². The fraction of sp³-hybridized carbons (Fsp3) is 0.293. The van der Waals surface area contributed by atoms with E-state index in [-0.39, 0.29) is 42.7 Å². The van der Waals surface area contributed by atoms with Crippen molar-refractivity contribution in [3.05, 3.63) is 156 Å². The quantitative estimate of drug-likeness (QED) is 0.117. The second-order valence-electron chi connectivity index (χ2n) is 21.6. The van der Waals surface area contributed by atoms with Gasteiger partial charge in [0.05, 0.1) is 0 Å². The molecule has 0 amide bonds. The van der Waals surface area contributed by atoms with E-state index in [9.17, 15) is 0 Å². The number of aromatic nitrogens is 5. The van der Waals surface area contributed by atoms with Crippen LogP contribution in [0.5, 0.6) is 11.5 Å². The van der Waals surface area contributed by atoms with Gasteiger partial charge in [-0.3, -0.25) is 0 Å². The van der Waals surface area contributed by atoms with Crippen LogP contribution in [-0.4, -0.2) is 46.7 Å². The third kappa shape index (κ3) is 9.61. The standard InChI is InChI=1S/C58H59N7O.Pt/c1-55(2,3)39-21-17-37(18-22-39)52-60-53(38-19-23-40(24-20-38)56(4,5)6)62-54(61-52)47-34-46-45-32-41(57(7,8)9)25-26-48(45)65(51-16-14-15-27-59-51)49(46)35-50(47)66-44-31-42(58(10,11)12)30-43(33-44)64-29-28-63(13)36-64;/h14-32,34H,1-13H3;/q;+2. The van der Waals surface area contributed by atoms with Gasteiger partial charge in [0.2, 0.25) is 6.20 Å². The first-order valence-electron chi connectivity index (χ1n) is 22.8. The maximum Gasteiger partial charge on any atom is 2.00 e. The summed E-state index contributed by atoms with van der Waals surface area (Å²) in [6, 6.07) is 46.9. The summed E-state index contributed by atoms with van der Waals surface area (Å²) in [7, 11) is 1.96. The molecule has 0 saturated carbocycles. The Kier molecular flexibility index (Phi) is 12.2. The fourth-order valence-electron chi connectivity index (χ4n) is 8.19. The molecule has 1 aliphatic heterocycles. The van der Waals surface area contributed by atoms with Crippen LogP contribution in [0.2, 0.25) is 0 Å². The molecule has 3 aromatic heterocycles. The molecule has 8 aromatic rings. The summed E-state index contributed by atoms with van der Waals surface area (Å²) >= 11 is 0. The summed E-state index contributed by atoms with van der Waals surface area (Å²) in [5.74, 6) is 3.34. The first-order chi connectivity index (χ1) is 31.1. The number of benzene rings is 5. The maximum absolute atomic E-state index is 7.16. The molecule has 4 heterocycles. The molecule has 1 aliphatic rings. The van der Waals surface area contributed by atoms with E-state index >= 15 is 0 Å². The largest absolute Gasteiger partial charge is 2.00 e. The second-order valence-corrected chi connectivity index (χ2v) is 21.6. The fourth-order valence-corrected chi connectivity index (χ4v) is 8.19. The average molecular weight is 1070 g/mol. The predicted molar refractivity (Wildman–Crippen MR) is 268 cm³/mol. The zero-order chi connectivity index (χ0) is 46.9.